The molecule has 0 saturated carbocycles. The fourth-order valence-electron chi connectivity index (χ4n) is 2.21. The third-order valence-electron chi connectivity index (χ3n) is 3.58. The topological polar surface area (TPSA) is 85.4 Å². The van der Waals surface area contributed by atoms with Crippen molar-refractivity contribution in [1.29, 1.82) is 0 Å². The molecule has 1 heterocycles. The normalized spacial score (nSPS) is 13.8. The van der Waals surface area contributed by atoms with E-state index in [1.807, 2.05) is 0 Å². The Hall–Kier alpha value is -3.08. The van der Waals surface area contributed by atoms with Crippen LogP contribution in [-0.2, 0) is 15.9 Å². The molecule has 3 rings (SSSR count). The second-order valence-corrected chi connectivity index (χ2v) is 7.88. The largest absolute Gasteiger partial charge is 0.471 e. The second kappa shape index (κ2) is 7.15. The third-order valence-corrected chi connectivity index (χ3v) is 5.24. The number of amides is 1. The Bertz CT molecular complexity index is 1150. The van der Waals surface area contributed by atoms with Crippen LogP contribution in [0.15, 0.2) is 62.3 Å². The highest BCUT2D eigenvalue weighted by Gasteiger charge is 2.38. The lowest BCUT2D eigenvalue weighted by molar-refractivity contribution is -0.159. The van der Waals surface area contributed by atoms with Crippen molar-refractivity contribution in [2.75, 3.05) is 6.26 Å². The summed E-state index contributed by atoms with van der Waals surface area (Å²) in [7, 11) is -3.23. The van der Waals surface area contributed by atoms with Crippen LogP contribution in [0.5, 0.6) is 0 Å². The first-order valence-corrected chi connectivity index (χ1v) is 9.52. The molecule has 0 N–H and O–H groups in total. The molecule has 0 bridgehead atoms. The Morgan fingerprint density at radius 2 is 1.75 bits per heavy atom. The standard InChI is InChI=1S/C17H11F4N3O3S/c1-28(26,24-15(25)12-4-2-3-5-13(12)18)11-8-6-10(7-9-11)14-22-16(27-23-14)17(19,20)21/h2-9H,1H3. The molecule has 6 nitrogen and oxygen atoms in total. The molecule has 3 aromatic rings. The smallest absolute Gasteiger partial charge is 0.329 e. The van der Waals surface area contributed by atoms with Gasteiger partial charge in [-0.3, -0.25) is 4.79 Å². The number of rotatable bonds is 3. The number of carbonyl (C=O) groups is 1. The molecule has 0 aliphatic carbocycles. The van der Waals surface area contributed by atoms with Crippen molar-refractivity contribution in [1.82, 2.24) is 10.1 Å². The van der Waals surface area contributed by atoms with Crippen molar-refractivity contribution in [3.05, 3.63) is 65.8 Å². The quantitative estimate of drug-likeness (QED) is 0.601. The highest BCUT2D eigenvalue weighted by atomic mass is 32.2. The van der Waals surface area contributed by atoms with Gasteiger partial charge in [-0.15, -0.1) is 0 Å². The number of halogens is 4. The number of benzene rings is 2. The van der Waals surface area contributed by atoms with Crippen molar-refractivity contribution in [3.63, 3.8) is 0 Å². The first kappa shape index (κ1) is 19.7. The number of carbonyl (C=O) groups excluding carboxylic acids is 1. The van der Waals surface area contributed by atoms with Crippen LogP contribution < -0.4 is 0 Å². The van der Waals surface area contributed by atoms with E-state index in [0.29, 0.717) is 0 Å². The molecule has 1 unspecified atom stereocenters. The summed E-state index contributed by atoms with van der Waals surface area (Å²) in [5, 5.41) is 3.25. The van der Waals surface area contributed by atoms with Crippen LogP contribution >= 0.6 is 0 Å². The Kier molecular flexibility index (Phi) is 5.02. The molecule has 0 aliphatic rings. The lowest BCUT2D eigenvalue weighted by atomic mass is 10.2. The van der Waals surface area contributed by atoms with E-state index >= 15 is 0 Å². The number of hydrogen-bond donors (Lipinski definition) is 0. The van der Waals surface area contributed by atoms with E-state index in [1.54, 1.807) is 0 Å². The van der Waals surface area contributed by atoms with Crippen LogP contribution in [0.2, 0.25) is 0 Å². The molecule has 146 valence electrons. The molecule has 0 saturated heterocycles. The lowest BCUT2D eigenvalue weighted by Crippen LogP contribution is -2.05. The summed E-state index contributed by atoms with van der Waals surface area (Å²) in [6.07, 6.45) is -3.58. The summed E-state index contributed by atoms with van der Waals surface area (Å²) in [6.45, 7) is 0. The van der Waals surface area contributed by atoms with Crippen molar-refractivity contribution in [3.8, 4) is 11.4 Å². The molecule has 1 aromatic heterocycles. The van der Waals surface area contributed by atoms with Gasteiger partial charge < -0.3 is 4.52 Å². The second-order valence-electron chi connectivity index (χ2n) is 5.62. The van der Waals surface area contributed by atoms with Crippen molar-refractivity contribution >= 4 is 15.6 Å². The molecule has 1 atom stereocenters. The fraction of sp³-hybridized carbons (Fsp3) is 0.118. The summed E-state index contributed by atoms with van der Waals surface area (Å²) < 4.78 is 71.7. The van der Waals surface area contributed by atoms with Crippen molar-refractivity contribution in [2.24, 2.45) is 4.36 Å². The first-order chi connectivity index (χ1) is 13.1. The molecule has 11 heteroatoms. The predicted octanol–water partition coefficient (Wildman–Crippen LogP) is 4.19. The van der Waals surface area contributed by atoms with Gasteiger partial charge in [0.05, 0.1) is 15.3 Å². The molecule has 0 fully saturated rings. The Morgan fingerprint density at radius 1 is 1.11 bits per heavy atom. The summed E-state index contributed by atoms with van der Waals surface area (Å²) in [5.74, 6) is -3.57. The maximum absolute atomic E-state index is 13.7. The van der Waals surface area contributed by atoms with Gasteiger partial charge in [0, 0.05) is 16.7 Å². The summed E-state index contributed by atoms with van der Waals surface area (Å²) in [4.78, 5) is 15.5. The van der Waals surface area contributed by atoms with Gasteiger partial charge in [0.2, 0.25) is 5.82 Å². The van der Waals surface area contributed by atoms with Gasteiger partial charge in [-0.1, -0.05) is 17.3 Å². The van der Waals surface area contributed by atoms with Gasteiger partial charge >= 0.3 is 12.1 Å². The zero-order valence-corrected chi connectivity index (χ0v) is 14.9. The van der Waals surface area contributed by atoms with Crippen LogP contribution in [0.3, 0.4) is 0 Å². The maximum atomic E-state index is 13.7. The fourth-order valence-corrected chi connectivity index (χ4v) is 3.37. The highest BCUT2D eigenvalue weighted by Crippen LogP contribution is 2.29. The molecule has 0 aliphatic heterocycles. The minimum Gasteiger partial charge on any atom is -0.329 e. The van der Waals surface area contributed by atoms with Gasteiger partial charge in [0.1, 0.15) is 5.82 Å². The van der Waals surface area contributed by atoms with Crippen molar-refractivity contribution < 1.29 is 31.1 Å². The van der Waals surface area contributed by atoms with Crippen LogP contribution in [0.25, 0.3) is 11.4 Å². The highest BCUT2D eigenvalue weighted by molar-refractivity contribution is 7.93. The van der Waals surface area contributed by atoms with Gasteiger partial charge in [-0.05, 0) is 36.4 Å². The molecular formula is C17H11F4N3O3S. The average molecular weight is 413 g/mol. The van der Waals surface area contributed by atoms with E-state index < -0.39 is 33.5 Å². The molecular weight excluding hydrogens is 402 g/mol. The lowest BCUT2D eigenvalue weighted by Gasteiger charge is -2.05. The first-order valence-electron chi connectivity index (χ1n) is 7.60. The minimum atomic E-state index is -4.77. The predicted molar refractivity (Wildman–Crippen MR) is 90.2 cm³/mol. The zero-order chi connectivity index (χ0) is 20.5. The Balaban J connectivity index is 1.90. The van der Waals surface area contributed by atoms with Gasteiger partial charge in [0.15, 0.2) is 0 Å². The van der Waals surface area contributed by atoms with Gasteiger partial charge in [-0.2, -0.15) is 22.5 Å². The molecule has 1 amide bonds. The van der Waals surface area contributed by atoms with Gasteiger partial charge in [-0.25, -0.2) is 8.60 Å². The summed E-state index contributed by atoms with van der Waals surface area (Å²) >= 11 is 0. The van der Waals surface area contributed by atoms with Crippen LogP contribution in [-0.4, -0.2) is 26.5 Å². The van der Waals surface area contributed by atoms with E-state index in [2.05, 4.69) is 19.0 Å². The van der Waals surface area contributed by atoms with E-state index in [4.69, 9.17) is 0 Å². The number of aromatic nitrogens is 2. The van der Waals surface area contributed by atoms with Crippen LogP contribution in [0.1, 0.15) is 16.2 Å². The Morgan fingerprint density at radius 3 is 2.32 bits per heavy atom. The SMILES string of the molecule is CS(=O)(=NC(=O)c1ccccc1F)c1ccc(-c2noc(C(F)(F)F)n2)cc1. The van der Waals surface area contributed by atoms with Crippen LogP contribution in [0, 0.1) is 5.82 Å². The number of alkyl halides is 3. The summed E-state index contributed by atoms with van der Waals surface area (Å²) in [6, 6.07) is 10.4. The summed E-state index contributed by atoms with van der Waals surface area (Å²) in [5.41, 5.74) is -0.140. The monoisotopic (exact) mass is 413 g/mol. The van der Waals surface area contributed by atoms with E-state index in [9.17, 15) is 26.6 Å². The van der Waals surface area contributed by atoms with E-state index in [1.165, 1.54) is 48.7 Å². The zero-order valence-electron chi connectivity index (χ0n) is 14.1. The maximum Gasteiger partial charge on any atom is 0.471 e. The molecule has 2 aromatic carbocycles. The average Bonchev–Trinajstić information content (AvgIpc) is 3.12. The van der Waals surface area contributed by atoms with Gasteiger partial charge in [0.25, 0.3) is 5.91 Å². The molecule has 0 spiro atoms. The van der Waals surface area contributed by atoms with Crippen molar-refractivity contribution in [2.45, 2.75) is 11.1 Å². The number of nitrogens with zero attached hydrogens (tertiary/aromatic N) is 3. The van der Waals surface area contributed by atoms with E-state index in [-0.39, 0.29) is 21.8 Å². The third kappa shape index (κ3) is 4.09. The minimum absolute atomic E-state index is 0.125. The molecule has 0 radical (unpaired) electrons. The number of hydrogen-bond acceptors (Lipinski definition) is 5. The Labute approximate surface area is 156 Å². The van der Waals surface area contributed by atoms with E-state index in [0.717, 1.165) is 6.07 Å². The van der Waals surface area contributed by atoms with Crippen LogP contribution in [0.4, 0.5) is 17.6 Å². The molecule has 28 heavy (non-hydrogen) atoms.